The van der Waals surface area contributed by atoms with Gasteiger partial charge in [-0.05, 0) is 42.0 Å². The fraction of sp³-hybridized carbons (Fsp3) is 0.133. The Bertz CT molecular complexity index is 597. The second-order valence-electron chi connectivity index (χ2n) is 4.11. The van der Waals surface area contributed by atoms with Gasteiger partial charge in [0.1, 0.15) is 18.2 Å². The van der Waals surface area contributed by atoms with Crippen LogP contribution >= 0.6 is 0 Å². The lowest BCUT2D eigenvalue weighted by Gasteiger charge is -2.04. The number of rotatable bonds is 5. The van der Waals surface area contributed by atoms with Gasteiger partial charge in [0, 0.05) is 5.56 Å². The number of nitrogens with zero attached hydrogens (tertiary/aromatic N) is 1. The van der Waals surface area contributed by atoms with E-state index in [9.17, 15) is 4.39 Å². The maximum absolute atomic E-state index is 13.0. The van der Waals surface area contributed by atoms with Crippen LogP contribution in [-0.4, -0.2) is 12.9 Å². The third-order valence-corrected chi connectivity index (χ3v) is 2.67. The van der Waals surface area contributed by atoms with E-state index in [0.717, 1.165) is 11.3 Å². The first-order valence-electron chi connectivity index (χ1n) is 6.03. The SMILES string of the molecule is COc1ccc(/C(N)=N/OCc2cccc(F)c2)cc1. The molecule has 0 unspecified atom stereocenters. The van der Waals surface area contributed by atoms with Gasteiger partial charge in [-0.15, -0.1) is 0 Å². The summed E-state index contributed by atoms with van der Waals surface area (Å²) < 4.78 is 18.0. The number of hydrogen-bond donors (Lipinski definition) is 1. The quantitative estimate of drug-likeness (QED) is 0.518. The topological polar surface area (TPSA) is 56.8 Å². The minimum Gasteiger partial charge on any atom is -0.497 e. The molecule has 0 fully saturated rings. The summed E-state index contributed by atoms with van der Waals surface area (Å²) in [5, 5.41) is 3.81. The molecule has 0 heterocycles. The normalized spacial score (nSPS) is 11.2. The molecule has 0 bridgehead atoms. The number of amidine groups is 1. The van der Waals surface area contributed by atoms with Crippen LogP contribution in [0.3, 0.4) is 0 Å². The molecule has 0 aromatic heterocycles. The molecule has 0 aliphatic heterocycles. The van der Waals surface area contributed by atoms with Gasteiger partial charge < -0.3 is 15.3 Å². The van der Waals surface area contributed by atoms with E-state index in [0.29, 0.717) is 5.56 Å². The number of ether oxygens (including phenoxy) is 1. The predicted molar refractivity (Wildman–Crippen MR) is 74.9 cm³/mol. The second-order valence-corrected chi connectivity index (χ2v) is 4.11. The lowest BCUT2D eigenvalue weighted by molar-refractivity contribution is 0.130. The van der Waals surface area contributed by atoms with Gasteiger partial charge in [0.2, 0.25) is 0 Å². The van der Waals surface area contributed by atoms with Crippen molar-refractivity contribution >= 4 is 5.84 Å². The molecule has 0 amide bonds. The third kappa shape index (κ3) is 3.71. The molecule has 5 heteroatoms. The van der Waals surface area contributed by atoms with E-state index >= 15 is 0 Å². The van der Waals surface area contributed by atoms with Crippen LogP contribution in [-0.2, 0) is 11.4 Å². The average Bonchev–Trinajstić information content (AvgIpc) is 2.47. The number of oxime groups is 1. The summed E-state index contributed by atoms with van der Waals surface area (Å²) in [4.78, 5) is 5.11. The van der Waals surface area contributed by atoms with E-state index in [1.807, 2.05) is 0 Å². The minimum atomic E-state index is -0.307. The summed E-state index contributed by atoms with van der Waals surface area (Å²) in [6.07, 6.45) is 0. The zero-order valence-corrected chi connectivity index (χ0v) is 11.0. The summed E-state index contributed by atoms with van der Waals surface area (Å²) in [7, 11) is 1.59. The third-order valence-electron chi connectivity index (χ3n) is 2.67. The second kappa shape index (κ2) is 6.56. The van der Waals surface area contributed by atoms with Crippen molar-refractivity contribution in [2.24, 2.45) is 10.9 Å². The van der Waals surface area contributed by atoms with Crippen LogP contribution in [0.15, 0.2) is 53.7 Å². The highest BCUT2D eigenvalue weighted by atomic mass is 19.1. The maximum Gasteiger partial charge on any atom is 0.170 e. The number of nitrogens with two attached hydrogens (primary N) is 1. The minimum absolute atomic E-state index is 0.161. The fourth-order valence-corrected chi connectivity index (χ4v) is 1.62. The monoisotopic (exact) mass is 274 g/mol. The molecule has 104 valence electrons. The van der Waals surface area contributed by atoms with Crippen molar-refractivity contribution in [2.75, 3.05) is 7.11 Å². The van der Waals surface area contributed by atoms with Crippen LogP contribution in [0.1, 0.15) is 11.1 Å². The summed E-state index contributed by atoms with van der Waals surface area (Å²) in [6, 6.07) is 13.3. The first-order chi connectivity index (χ1) is 9.69. The van der Waals surface area contributed by atoms with Crippen molar-refractivity contribution in [3.63, 3.8) is 0 Å². The lowest BCUT2D eigenvalue weighted by atomic mass is 10.2. The van der Waals surface area contributed by atoms with Gasteiger partial charge in [0.25, 0.3) is 0 Å². The van der Waals surface area contributed by atoms with Crippen molar-refractivity contribution in [1.29, 1.82) is 0 Å². The first kappa shape index (κ1) is 13.9. The molecule has 0 atom stereocenters. The van der Waals surface area contributed by atoms with Crippen LogP contribution in [0.4, 0.5) is 4.39 Å². The molecule has 2 N–H and O–H groups in total. The van der Waals surface area contributed by atoms with Crippen molar-refractivity contribution in [1.82, 2.24) is 0 Å². The van der Waals surface area contributed by atoms with Gasteiger partial charge in [-0.3, -0.25) is 0 Å². The smallest absolute Gasteiger partial charge is 0.170 e. The molecule has 20 heavy (non-hydrogen) atoms. The largest absolute Gasteiger partial charge is 0.497 e. The molecule has 2 rings (SSSR count). The molecular formula is C15H15FN2O2. The Morgan fingerprint density at radius 2 is 1.95 bits per heavy atom. The molecule has 0 aliphatic carbocycles. The Labute approximate surface area is 116 Å². The van der Waals surface area contributed by atoms with E-state index in [4.69, 9.17) is 15.3 Å². The van der Waals surface area contributed by atoms with Crippen LogP contribution in [0.5, 0.6) is 5.75 Å². The molecule has 4 nitrogen and oxygen atoms in total. The summed E-state index contributed by atoms with van der Waals surface area (Å²) in [5.41, 5.74) is 7.21. The van der Waals surface area contributed by atoms with E-state index in [1.54, 1.807) is 43.5 Å². The van der Waals surface area contributed by atoms with Crippen molar-refractivity contribution < 1.29 is 14.0 Å². The van der Waals surface area contributed by atoms with Crippen LogP contribution < -0.4 is 10.5 Å². The van der Waals surface area contributed by atoms with Gasteiger partial charge in [0.15, 0.2) is 5.84 Å². The Morgan fingerprint density at radius 3 is 2.60 bits per heavy atom. The Hall–Kier alpha value is -2.56. The highest BCUT2D eigenvalue weighted by molar-refractivity contribution is 5.97. The molecule has 0 spiro atoms. The zero-order chi connectivity index (χ0) is 14.4. The van der Waals surface area contributed by atoms with Gasteiger partial charge in [-0.1, -0.05) is 17.3 Å². The van der Waals surface area contributed by atoms with Crippen LogP contribution in [0.2, 0.25) is 0 Å². The highest BCUT2D eigenvalue weighted by Crippen LogP contribution is 2.11. The zero-order valence-electron chi connectivity index (χ0n) is 11.0. The number of halogens is 1. The van der Waals surface area contributed by atoms with Crippen LogP contribution in [0.25, 0.3) is 0 Å². The predicted octanol–water partition coefficient (Wildman–Crippen LogP) is 2.67. The molecule has 0 aliphatic rings. The van der Waals surface area contributed by atoms with E-state index in [2.05, 4.69) is 5.16 Å². The molecular weight excluding hydrogens is 259 g/mol. The Morgan fingerprint density at radius 1 is 1.20 bits per heavy atom. The number of hydrogen-bond acceptors (Lipinski definition) is 3. The maximum atomic E-state index is 13.0. The van der Waals surface area contributed by atoms with Crippen LogP contribution in [0, 0.1) is 5.82 Å². The van der Waals surface area contributed by atoms with Gasteiger partial charge in [-0.25, -0.2) is 4.39 Å². The fourth-order valence-electron chi connectivity index (χ4n) is 1.62. The molecule has 0 radical (unpaired) electrons. The van der Waals surface area contributed by atoms with Crippen molar-refractivity contribution in [2.45, 2.75) is 6.61 Å². The van der Waals surface area contributed by atoms with E-state index in [-0.39, 0.29) is 18.3 Å². The lowest BCUT2D eigenvalue weighted by Crippen LogP contribution is -2.13. The highest BCUT2D eigenvalue weighted by Gasteiger charge is 2.00. The van der Waals surface area contributed by atoms with Gasteiger partial charge in [-0.2, -0.15) is 0 Å². The van der Waals surface area contributed by atoms with Crippen molar-refractivity contribution in [3.8, 4) is 5.75 Å². The summed E-state index contributed by atoms with van der Waals surface area (Å²) in [6.45, 7) is 0.161. The van der Waals surface area contributed by atoms with Gasteiger partial charge >= 0.3 is 0 Å². The van der Waals surface area contributed by atoms with E-state index < -0.39 is 0 Å². The number of benzene rings is 2. The average molecular weight is 274 g/mol. The molecule has 0 saturated heterocycles. The number of methoxy groups -OCH3 is 1. The molecule has 0 saturated carbocycles. The summed E-state index contributed by atoms with van der Waals surface area (Å²) in [5.74, 6) is 0.685. The van der Waals surface area contributed by atoms with E-state index in [1.165, 1.54) is 12.1 Å². The van der Waals surface area contributed by atoms with Gasteiger partial charge in [0.05, 0.1) is 7.11 Å². The Kier molecular flexibility index (Phi) is 4.55. The Balaban J connectivity index is 1.96. The molecule has 2 aromatic carbocycles. The standard InChI is InChI=1S/C15H15FN2O2/c1-19-14-7-5-12(6-8-14)15(17)18-20-10-11-3-2-4-13(16)9-11/h2-9H,10H2,1H3,(H2,17,18). The van der Waals surface area contributed by atoms with Crippen molar-refractivity contribution in [3.05, 3.63) is 65.5 Å². The first-order valence-corrected chi connectivity index (χ1v) is 6.03. The molecule has 2 aromatic rings. The summed E-state index contributed by atoms with van der Waals surface area (Å²) >= 11 is 0.